The Balaban J connectivity index is 1.48. The fraction of sp³-hybridized carbons (Fsp3) is 0.581. The number of rotatable bonds is 5. The monoisotopic (exact) mass is 614 g/mol. The number of halogens is 1. The first kappa shape index (κ1) is 30.3. The standard InChI is InChI=1S/C31H43ClN4O3SSi/c1-30(2,3)39-29(37)35-13-11-22(17-35)36-12-9-10-20-14-21(32)15-24(27(20)36)26-28-25(33-19-34-26)16-23(40-28)18-38-41(7,8)31(4,5)6/h14-16,19,22H,9-13,17-18H2,1-8H3. The summed E-state index contributed by atoms with van der Waals surface area (Å²) in [6.45, 7) is 19.9. The molecule has 3 aromatic rings. The molecule has 2 aliphatic rings. The number of nitrogens with zero attached hydrogens (tertiary/aromatic N) is 4. The third-order valence-electron chi connectivity index (χ3n) is 8.54. The van der Waals surface area contributed by atoms with Gasteiger partial charge >= 0.3 is 6.09 Å². The Labute approximate surface area is 254 Å². The molecule has 222 valence electrons. The topological polar surface area (TPSA) is 67.8 Å². The maximum atomic E-state index is 12.8. The van der Waals surface area contributed by atoms with Crippen LogP contribution in [0.3, 0.4) is 0 Å². The molecule has 5 rings (SSSR count). The number of thiophene rings is 1. The van der Waals surface area contributed by atoms with Crippen LogP contribution >= 0.6 is 22.9 Å². The highest BCUT2D eigenvalue weighted by molar-refractivity contribution is 7.19. The molecule has 41 heavy (non-hydrogen) atoms. The van der Waals surface area contributed by atoms with Crippen LogP contribution in [0.5, 0.6) is 0 Å². The molecule has 1 unspecified atom stereocenters. The summed E-state index contributed by atoms with van der Waals surface area (Å²) in [5, 5.41) is 0.865. The molecule has 1 aromatic carbocycles. The summed E-state index contributed by atoms with van der Waals surface area (Å²) in [6, 6.07) is 6.49. The summed E-state index contributed by atoms with van der Waals surface area (Å²) in [5.74, 6) is 0. The van der Waals surface area contributed by atoms with Gasteiger partial charge in [0.05, 0.1) is 22.5 Å². The minimum Gasteiger partial charge on any atom is -0.444 e. The number of fused-ring (bicyclic) bond motifs is 2. The zero-order chi connectivity index (χ0) is 29.7. The molecule has 0 radical (unpaired) electrons. The van der Waals surface area contributed by atoms with E-state index >= 15 is 0 Å². The van der Waals surface area contributed by atoms with E-state index in [1.54, 1.807) is 17.7 Å². The van der Waals surface area contributed by atoms with Gasteiger partial charge in [0.2, 0.25) is 0 Å². The Bertz CT molecular complexity index is 1450. The molecular formula is C31H43ClN4O3SSi. The molecule has 0 saturated carbocycles. The van der Waals surface area contributed by atoms with Crippen molar-refractivity contribution in [1.82, 2.24) is 14.9 Å². The number of hydrogen-bond acceptors (Lipinski definition) is 7. The Morgan fingerprint density at radius 2 is 1.88 bits per heavy atom. The third-order valence-corrected chi connectivity index (χ3v) is 14.3. The van der Waals surface area contributed by atoms with Gasteiger partial charge in [-0.1, -0.05) is 32.4 Å². The molecule has 0 N–H and O–H groups in total. The van der Waals surface area contributed by atoms with Crippen LogP contribution in [-0.4, -0.2) is 60.6 Å². The highest BCUT2D eigenvalue weighted by atomic mass is 35.5. The number of anilines is 1. The zero-order valence-electron chi connectivity index (χ0n) is 25.6. The predicted molar refractivity (Wildman–Crippen MR) is 172 cm³/mol. The van der Waals surface area contributed by atoms with Crippen LogP contribution in [0.1, 0.15) is 64.8 Å². The van der Waals surface area contributed by atoms with Crippen molar-refractivity contribution < 1.29 is 14.0 Å². The van der Waals surface area contributed by atoms with Gasteiger partial charge in [0, 0.05) is 46.8 Å². The molecule has 1 fully saturated rings. The molecule has 2 aliphatic heterocycles. The van der Waals surface area contributed by atoms with E-state index in [-0.39, 0.29) is 17.2 Å². The number of ether oxygens (including phenoxy) is 1. The van der Waals surface area contributed by atoms with Crippen molar-refractivity contribution in [1.29, 1.82) is 0 Å². The molecule has 1 amide bonds. The first-order valence-electron chi connectivity index (χ1n) is 14.6. The summed E-state index contributed by atoms with van der Waals surface area (Å²) in [5.41, 5.74) is 4.79. The Morgan fingerprint density at radius 3 is 2.59 bits per heavy atom. The van der Waals surface area contributed by atoms with E-state index in [1.165, 1.54) is 11.3 Å². The first-order chi connectivity index (χ1) is 19.1. The summed E-state index contributed by atoms with van der Waals surface area (Å²) >= 11 is 8.43. The zero-order valence-corrected chi connectivity index (χ0v) is 28.2. The first-order valence-corrected chi connectivity index (χ1v) is 18.7. The lowest BCUT2D eigenvalue weighted by Gasteiger charge is -2.38. The molecule has 2 aromatic heterocycles. The molecule has 0 bridgehead atoms. The highest BCUT2D eigenvalue weighted by Gasteiger charge is 2.38. The van der Waals surface area contributed by atoms with E-state index in [9.17, 15) is 4.79 Å². The smallest absolute Gasteiger partial charge is 0.410 e. The van der Waals surface area contributed by atoms with Crippen molar-refractivity contribution in [2.75, 3.05) is 24.5 Å². The number of amides is 1. The number of hydrogen-bond donors (Lipinski definition) is 0. The van der Waals surface area contributed by atoms with E-state index in [0.29, 0.717) is 24.7 Å². The summed E-state index contributed by atoms with van der Waals surface area (Å²) in [7, 11) is -1.88. The molecular weight excluding hydrogens is 572 g/mol. The maximum Gasteiger partial charge on any atom is 0.410 e. The Hall–Kier alpha value is -2.20. The van der Waals surface area contributed by atoms with Gasteiger partial charge in [-0.05, 0) is 81.9 Å². The molecule has 7 nitrogen and oxygen atoms in total. The molecule has 0 aliphatic carbocycles. The third kappa shape index (κ3) is 6.43. The minimum absolute atomic E-state index is 0.150. The van der Waals surface area contributed by atoms with Gasteiger partial charge in [0.1, 0.15) is 11.9 Å². The van der Waals surface area contributed by atoms with Gasteiger partial charge in [-0.3, -0.25) is 0 Å². The molecule has 1 atom stereocenters. The van der Waals surface area contributed by atoms with Gasteiger partial charge in [0.25, 0.3) is 0 Å². The number of carbonyl (C=O) groups excluding carboxylic acids is 1. The lowest BCUT2D eigenvalue weighted by molar-refractivity contribution is 0.0292. The van der Waals surface area contributed by atoms with Crippen LogP contribution in [0.15, 0.2) is 24.5 Å². The quantitative estimate of drug-likeness (QED) is 0.269. The van der Waals surface area contributed by atoms with Crippen LogP contribution in [-0.2, 0) is 22.2 Å². The second-order valence-electron chi connectivity index (χ2n) is 13.8. The van der Waals surface area contributed by atoms with Gasteiger partial charge < -0.3 is 19.0 Å². The number of likely N-dealkylation sites (tertiary alicyclic amines) is 1. The van der Waals surface area contributed by atoms with Gasteiger partial charge in [0.15, 0.2) is 8.32 Å². The van der Waals surface area contributed by atoms with E-state index in [2.05, 4.69) is 55.9 Å². The Morgan fingerprint density at radius 1 is 1.12 bits per heavy atom. The van der Waals surface area contributed by atoms with Crippen molar-refractivity contribution in [2.45, 2.75) is 97.2 Å². The van der Waals surface area contributed by atoms with Crippen molar-refractivity contribution in [3.8, 4) is 11.3 Å². The van der Waals surface area contributed by atoms with Crippen LogP contribution in [0.2, 0.25) is 23.2 Å². The average molecular weight is 615 g/mol. The molecule has 0 spiro atoms. The maximum absolute atomic E-state index is 12.8. The van der Waals surface area contributed by atoms with E-state index in [0.717, 1.165) is 52.2 Å². The number of benzene rings is 1. The Kier molecular flexibility index (Phi) is 8.22. The molecule has 10 heteroatoms. The van der Waals surface area contributed by atoms with E-state index in [1.807, 2.05) is 31.7 Å². The van der Waals surface area contributed by atoms with E-state index in [4.69, 9.17) is 25.7 Å². The van der Waals surface area contributed by atoms with Crippen LogP contribution in [0, 0.1) is 0 Å². The second kappa shape index (κ2) is 11.1. The van der Waals surface area contributed by atoms with Gasteiger partial charge in [-0.2, -0.15) is 0 Å². The normalized spacial score (nSPS) is 18.2. The van der Waals surface area contributed by atoms with Gasteiger partial charge in [-0.15, -0.1) is 11.3 Å². The molecule has 4 heterocycles. The van der Waals surface area contributed by atoms with Crippen molar-refractivity contribution in [3.05, 3.63) is 40.0 Å². The number of aryl methyl sites for hydroxylation is 1. The lowest BCUT2D eigenvalue weighted by Crippen LogP contribution is -2.43. The van der Waals surface area contributed by atoms with Crippen LogP contribution in [0.25, 0.3) is 21.5 Å². The highest BCUT2D eigenvalue weighted by Crippen LogP contribution is 2.44. The van der Waals surface area contributed by atoms with Crippen molar-refractivity contribution in [3.63, 3.8) is 0 Å². The minimum atomic E-state index is -1.88. The van der Waals surface area contributed by atoms with Crippen molar-refractivity contribution in [2.24, 2.45) is 0 Å². The van der Waals surface area contributed by atoms with Gasteiger partial charge in [-0.25, -0.2) is 14.8 Å². The SMILES string of the molecule is CC(C)(C)OC(=O)N1CCC(N2CCCc3cc(Cl)cc(-c4ncnc5cc(CO[Si](C)(C)C(C)(C)C)sc45)c32)C1. The fourth-order valence-electron chi connectivity index (χ4n) is 5.41. The van der Waals surface area contributed by atoms with E-state index < -0.39 is 13.9 Å². The lowest BCUT2D eigenvalue weighted by atomic mass is 9.94. The number of carbonyl (C=O) groups is 1. The predicted octanol–water partition coefficient (Wildman–Crippen LogP) is 8.30. The van der Waals surface area contributed by atoms with Crippen molar-refractivity contribution >= 4 is 53.3 Å². The fourth-order valence-corrected chi connectivity index (χ4v) is 7.73. The second-order valence-corrected chi connectivity index (χ2v) is 20.2. The average Bonchev–Trinajstić information content (AvgIpc) is 3.52. The molecule has 1 saturated heterocycles. The van der Waals surface area contributed by atoms with Crippen LogP contribution < -0.4 is 4.90 Å². The number of aromatic nitrogens is 2. The summed E-state index contributed by atoms with van der Waals surface area (Å²) in [4.78, 5) is 27.8. The van der Waals surface area contributed by atoms with Crippen LogP contribution in [0.4, 0.5) is 10.5 Å². The summed E-state index contributed by atoms with van der Waals surface area (Å²) < 4.78 is 13.3. The largest absolute Gasteiger partial charge is 0.444 e. The summed E-state index contributed by atoms with van der Waals surface area (Å²) in [6.07, 6.45) is 4.32.